The smallest absolute Gasteiger partial charge is 0.244 e. The summed E-state index contributed by atoms with van der Waals surface area (Å²) in [5.74, 6) is 0.180. The van der Waals surface area contributed by atoms with Crippen molar-refractivity contribution in [3.8, 4) is 16.8 Å². The highest BCUT2D eigenvalue weighted by Crippen LogP contribution is 2.47. The maximum atomic E-state index is 2.60. The van der Waals surface area contributed by atoms with E-state index in [2.05, 4.69) is 191 Å². The van der Waals surface area contributed by atoms with Crippen LogP contribution in [-0.2, 0) is 0 Å². The van der Waals surface area contributed by atoms with Crippen molar-refractivity contribution in [1.82, 2.24) is 4.40 Å². The van der Waals surface area contributed by atoms with Gasteiger partial charge in [-0.1, -0.05) is 179 Å². The highest BCUT2D eigenvalue weighted by molar-refractivity contribution is 7.10. The quantitative estimate of drug-likeness (QED) is 0.0748. The van der Waals surface area contributed by atoms with E-state index in [0.29, 0.717) is 0 Å². The van der Waals surface area contributed by atoms with Crippen molar-refractivity contribution >= 4 is 101 Å². The number of benzene rings is 9. The molecular formula is C52H31B2N2+. The first-order chi connectivity index (χ1) is 27.9. The minimum atomic E-state index is 0.130. The summed E-state index contributed by atoms with van der Waals surface area (Å²) in [7, 11) is 0. The van der Waals surface area contributed by atoms with E-state index in [4.69, 9.17) is 0 Å². The second kappa shape index (κ2) is 10.4. The number of aromatic nitrogens is 2. The molecular weight excluding hydrogens is 674 g/mol. The molecule has 1 unspecified atom stereocenters. The fourth-order valence-corrected chi connectivity index (χ4v) is 11.8. The van der Waals surface area contributed by atoms with Gasteiger partial charge in [0.15, 0.2) is 0 Å². The first-order valence-corrected chi connectivity index (χ1v) is 19.9. The maximum absolute atomic E-state index is 2.60. The Balaban J connectivity index is 1.28. The molecule has 254 valence electrons. The van der Waals surface area contributed by atoms with Crippen LogP contribution in [0.2, 0.25) is 0 Å². The minimum Gasteiger partial charge on any atom is -0.297 e. The summed E-state index contributed by atoms with van der Waals surface area (Å²) in [6, 6.07) is 68.9. The fourth-order valence-electron chi connectivity index (χ4n) is 11.8. The first-order valence-electron chi connectivity index (χ1n) is 19.9. The van der Waals surface area contributed by atoms with Crippen LogP contribution in [0.15, 0.2) is 182 Å². The van der Waals surface area contributed by atoms with Crippen LogP contribution in [0.1, 0.15) is 11.4 Å². The summed E-state index contributed by atoms with van der Waals surface area (Å²) in [5.41, 5.74) is 19.0. The van der Waals surface area contributed by atoms with E-state index in [0.717, 1.165) is 0 Å². The predicted molar refractivity (Wildman–Crippen MR) is 236 cm³/mol. The molecule has 2 aliphatic heterocycles. The zero-order valence-electron chi connectivity index (χ0n) is 30.4. The van der Waals surface area contributed by atoms with Gasteiger partial charge in [0, 0.05) is 39.7 Å². The predicted octanol–water partition coefficient (Wildman–Crippen LogP) is 7.94. The third kappa shape index (κ3) is 3.42. The second-order valence-corrected chi connectivity index (χ2v) is 16.0. The van der Waals surface area contributed by atoms with Crippen LogP contribution in [0.25, 0.3) is 82.2 Å². The van der Waals surface area contributed by atoms with E-state index in [9.17, 15) is 0 Å². The molecule has 0 saturated heterocycles. The number of hydrogen-bond donors (Lipinski definition) is 0. The van der Waals surface area contributed by atoms with E-state index < -0.39 is 0 Å². The molecule has 1 aliphatic carbocycles. The van der Waals surface area contributed by atoms with Gasteiger partial charge in [0.05, 0.1) is 10.9 Å². The second-order valence-electron chi connectivity index (χ2n) is 16.0. The Morgan fingerprint density at radius 2 is 1.16 bits per heavy atom. The van der Waals surface area contributed by atoms with Crippen molar-refractivity contribution in [2.75, 3.05) is 0 Å². The summed E-state index contributed by atoms with van der Waals surface area (Å²) in [4.78, 5) is 0. The van der Waals surface area contributed by atoms with E-state index in [-0.39, 0.29) is 19.2 Å². The van der Waals surface area contributed by atoms with Gasteiger partial charge in [-0.15, -0.1) is 4.57 Å². The normalized spacial score (nSPS) is 15.2. The molecule has 2 nitrogen and oxygen atoms in total. The largest absolute Gasteiger partial charge is 0.297 e. The average molecular weight is 705 g/mol. The molecule has 11 aromatic rings. The zero-order chi connectivity index (χ0) is 36.2. The molecule has 14 rings (SSSR count). The highest BCUT2D eigenvalue weighted by Gasteiger charge is 2.51. The monoisotopic (exact) mass is 705 g/mol. The third-order valence-electron chi connectivity index (χ3n) is 13.6. The molecule has 0 bridgehead atoms. The summed E-state index contributed by atoms with van der Waals surface area (Å²) in [6.45, 7) is 0.365. The van der Waals surface area contributed by atoms with Crippen LogP contribution in [0, 0.1) is 0 Å². The van der Waals surface area contributed by atoms with Crippen molar-refractivity contribution in [3.63, 3.8) is 0 Å². The molecule has 56 heavy (non-hydrogen) atoms. The molecule has 0 spiro atoms. The van der Waals surface area contributed by atoms with Gasteiger partial charge >= 0.3 is 0 Å². The lowest BCUT2D eigenvalue weighted by Crippen LogP contribution is -2.65. The Labute approximate surface area is 323 Å². The van der Waals surface area contributed by atoms with Gasteiger partial charge < -0.3 is 0 Å². The lowest BCUT2D eigenvalue weighted by molar-refractivity contribution is -0.537. The van der Waals surface area contributed by atoms with Crippen molar-refractivity contribution < 1.29 is 4.57 Å². The van der Waals surface area contributed by atoms with Gasteiger partial charge in [-0.05, 0) is 45.2 Å². The lowest BCUT2D eigenvalue weighted by atomic mass is 9.17. The van der Waals surface area contributed by atoms with Crippen molar-refractivity contribution in [2.24, 2.45) is 0 Å². The Kier molecular flexibility index (Phi) is 5.49. The van der Waals surface area contributed by atoms with Crippen LogP contribution < -0.4 is 31.6 Å². The Hall–Kier alpha value is -6.90. The molecule has 0 N–H and O–H groups in total. The first kappa shape index (κ1) is 29.5. The average Bonchev–Trinajstić information content (AvgIpc) is 3.79. The van der Waals surface area contributed by atoms with Crippen LogP contribution in [0.4, 0.5) is 0 Å². The Morgan fingerprint density at radius 3 is 2.07 bits per heavy atom. The van der Waals surface area contributed by atoms with Gasteiger partial charge in [0.25, 0.3) is 0 Å². The summed E-state index contributed by atoms with van der Waals surface area (Å²) in [6.07, 6.45) is 0. The van der Waals surface area contributed by atoms with Crippen LogP contribution in [-0.4, -0.2) is 17.8 Å². The van der Waals surface area contributed by atoms with E-state index in [1.165, 1.54) is 115 Å². The number of hydrogen-bond acceptors (Lipinski definition) is 0. The van der Waals surface area contributed by atoms with Crippen molar-refractivity contribution in [1.29, 1.82) is 0 Å². The van der Waals surface area contributed by atoms with Crippen LogP contribution in [0.5, 0.6) is 0 Å². The van der Waals surface area contributed by atoms with Crippen LogP contribution in [0.3, 0.4) is 0 Å². The summed E-state index contributed by atoms with van der Waals surface area (Å²) >= 11 is 0. The fraction of sp³-hybridized carbons (Fsp3) is 0.0192. The van der Waals surface area contributed by atoms with E-state index in [1.54, 1.807) is 0 Å². The molecule has 1 atom stereocenters. The Bertz CT molecular complexity index is 3610. The highest BCUT2D eigenvalue weighted by atomic mass is 15.0. The maximum Gasteiger partial charge on any atom is 0.244 e. The number of rotatable bonds is 2. The number of nitrogens with zero attached hydrogens (tertiary/aromatic N) is 2. The number of fused-ring (bicyclic) bond motifs is 13. The van der Waals surface area contributed by atoms with Gasteiger partial charge in [0.2, 0.25) is 30.1 Å². The molecule has 0 radical (unpaired) electrons. The molecule has 0 fully saturated rings. The molecule has 4 heterocycles. The van der Waals surface area contributed by atoms with Crippen molar-refractivity contribution in [3.05, 3.63) is 193 Å². The molecule has 3 aliphatic rings. The molecule has 9 aromatic carbocycles. The van der Waals surface area contributed by atoms with E-state index >= 15 is 0 Å². The van der Waals surface area contributed by atoms with Gasteiger partial charge in [-0.2, -0.15) is 0 Å². The third-order valence-corrected chi connectivity index (χ3v) is 13.6. The molecule has 0 amide bonds. The molecule has 2 aromatic heterocycles. The van der Waals surface area contributed by atoms with Gasteiger partial charge in [-0.3, -0.25) is 4.40 Å². The van der Waals surface area contributed by atoms with E-state index in [1.807, 2.05) is 0 Å². The van der Waals surface area contributed by atoms with Gasteiger partial charge in [0.1, 0.15) is 11.0 Å². The van der Waals surface area contributed by atoms with Crippen molar-refractivity contribution in [2.45, 2.75) is 5.82 Å². The van der Waals surface area contributed by atoms with Crippen LogP contribution >= 0.6 is 0 Å². The zero-order valence-corrected chi connectivity index (χ0v) is 30.4. The number of para-hydroxylation sites is 3. The topological polar surface area (TPSA) is 8.29 Å². The Morgan fingerprint density at radius 1 is 0.482 bits per heavy atom. The van der Waals surface area contributed by atoms with Gasteiger partial charge in [-0.25, -0.2) is 0 Å². The molecule has 0 saturated carbocycles. The standard InChI is InChI=1S/C52H31B2N2/c1-3-15-31(16-4-1)53-42-28-13-21-35-33-19-7-9-27-41(33)54(47(35)42)49-38-24-12-26-40-46(38)45-37(48(49)53)23-11-25-39(45)51-52(40)56-43-29-10-8-20-34(43)36-22-14-30-44(50(36)56)55(51)32-17-5-2-6-18-32/h1-30,49H/q+1. The summed E-state index contributed by atoms with van der Waals surface area (Å²) < 4.78 is 5.16. The minimum absolute atomic E-state index is 0.130. The lowest BCUT2D eigenvalue weighted by Gasteiger charge is -2.40. The summed E-state index contributed by atoms with van der Waals surface area (Å²) in [5, 5.41) is 9.36. The SMILES string of the molecule is c1ccc(B2C3=c4cccc5c4c4c(cccc4c4c5[n+](-c5ccccc5)c5cccc6c7ccccc7n4c65)C3B3c4ccccc4-c4cccc2c43)cc1. The molecule has 4 heteroatoms.